The number of aromatic amines is 1. The molecule has 2 heterocycles. The fourth-order valence-corrected chi connectivity index (χ4v) is 3.80. The molecule has 2 aliphatic rings. The molecule has 0 saturated carbocycles. The van der Waals surface area contributed by atoms with Crippen LogP contribution in [0.15, 0.2) is 52.1 Å². The molecule has 0 saturated heterocycles. The Kier molecular flexibility index (Phi) is 5.05. The van der Waals surface area contributed by atoms with E-state index in [0.29, 0.717) is 17.9 Å². The predicted octanol–water partition coefficient (Wildman–Crippen LogP) is 4.00. The van der Waals surface area contributed by atoms with Crippen LogP contribution in [0, 0.1) is 13.8 Å². The van der Waals surface area contributed by atoms with Crippen LogP contribution in [-0.4, -0.2) is 14.5 Å². The molecule has 5 nitrogen and oxygen atoms in total. The van der Waals surface area contributed by atoms with Gasteiger partial charge in [0.25, 0.3) is 11.1 Å². The van der Waals surface area contributed by atoms with Gasteiger partial charge in [0, 0.05) is 12.6 Å². The number of aromatic nitrogens is 3. The number of benzene rings is 2. The van der Waals surface area contributed by atoms with Crippen LogP contribution in [0.3, 0.4) is 0 Å². The zero-order valence-corrected chi connectivity index (χ0v) is 17.1. The second-order valence-corrected chi connectivity index (χ2v) is 7.66. The standard InChI is InChI=1S/C24H25N3O2/c1-4-17-7-9-18(10-8-17)6-5-11-27-20-13-16(3)15(2)12-19(20)25-23-21(27)14-22(28)26-24(23)29/h7-10,12-14H,4-6,11H2,1-3H3,(H,26,28,29). The first-order valence-corrected chi connectivity index (χ1v) is 10.1. The van der Waals surface area contributed by atoms with E-state index in [9.17, 15) is 9.59 Å². The molecule has 2 aliphatic heterocycles. The van der Waals surface area contributed by atoms with Gasteiger partial charge in [0.05, 0.1) is 16.7 Å². The van der Waals surface area contributed by atoms with E-state index < -0.39 is 11.1 Å². The van der Waals surface area contributed by atoms with Crippen molar-refractivity contribution in [1.29, 1.82) is 0 Å². The minimum atomic E-state index is -0.434. The summed E-state index contributed by atoms with van der Waals surface area (Å²) in [5.41, 5.74) is 6.72. The maximum absolute atomic E-state index is 12.4. The largest absolute Gasteiger partial charge is 0.338 e. The number of hydrogen-bond donors (Lipinski definition) is 1. The minimum Gasteiger partial charge on any atom is -0.338 e. The lowest BCUT2D eigenvalue weighted by atomic mass is 10.1. The highest BCUT2D eigenvalue weighted by Crippen LogP contribution is 2.25. The van der Waals surface area contributed by atoms with Gasteiger partial charge in [0.1, 0.15) is 0 Å². The van der Waals surface area contributed by atoms with Crippen molar-refractivity contribution in [3.05, 3.63) is 85.4 Å². The Balaban J connectivity index is 1.76. The topological polar surface area (TPSA) is 67.8 Å². The number of H-pyrrole nitrogens is 1. The summed E-state index contributed by atoms with van der Waals surface area (Å²) in [7, 11) is 0. The summed E-state index contributed by atoms with van der Waals surface area (Å²) in [6, 6.07) is 14.3. The van der Waals surface area contributed by atoms with E-state index in [4.69, 9.17) is 0 Å². The Morgan fingerprint density at radius 1 is 0.966 bits per heavy atom. The Labute approximate surface area is 169 Å². The fourth-order valence-electron chi connectivity index (χ4n) is 3.80. The van der Waals surface area contributed by atoms with E-state index in [0.717, 1.165) is 41.4 Å². The first kappa shape index (κ1) is 19.1. The molecule has 0 atom stereocenters. The first-order chi connectivity index (χ1) is 14.0. The average Bonchev–Trinajstić information content (AvgIpc) is 2.70. The third-order valence-corrected chi connectivity index (χ3v) is 5.65. The monoisotopic (exact) mass is 387 g/mol. The minimum absolute atomic E-state index is 0.313. The Bertz CT molecular complexity index is 1270. The van der Waals surface area contributed by atoms with Gasteiger partial charge in [-0.2, -0.15) is 0 Å². The van der Waals surface area contributed by atoms with Crippen LogP contribution in [0.2, 0.25) is 0 Å². The molecule has 29 heavy (non-hydrogen) atoms. The second-order valence-electron chi connectivity index (χ2n) is 7.66. The second kappa shape index (κ2) is 7.66. The average molecular weight is 387 g/mol. The lowest BCUT2D eigenvalue weighted by molar-refractivity contribution is 0.658. The van der Waals surface area contributed by atoms with Crippen LogP contribution in [-0.2, 0) is 19.4 Å². The molecule has 0 aliphatic carbocycles. The van der Waals surface area contributed by atoms with Gasteiger partial charge in [-0.25, -0.2) is 4.98 Å². The summed E-state index contributed by atoms with van der Waals surface area (Å²) in [4.78, 5) is 31.2. The highest BCUT2D eigenvalue weighted by molar-refractivity contribution is 5.81. The molecule has 148 valence electrons. The maximum Gasteiger partial charge on any atom is 0.278 e. The van der Waals surface area contributed by atoms with Gasteiger partial charge in [-0.15, -0.1) is 0 Å². The molecule has 0 fully saturated rings. The Morgan fingerprint density at radius 2 is 1.66 bits per heavy atom. The molecule has 0 amide bonds. The van der Waals surface area contributed by atoms with Crippen molar-refractivity contribution >= 4 is 11.0 Å². The fraction of sp³-hybridized carbons (Fsp3) is 0.292. The highest BCUT2D eigenvalue weighted by atomic mass is 16.2. The lowest BCUT2D eigenvalue weighted by Crippen LogP contribution is -2.25. The van der Waals surface area contributed by atoms with Crippen molar-refractivity contribution in [1.82, 2.24) is 14.5 Å². The zero-order valence-electron chi connectivity index (χ0n) is 17.1. The summed E-state index contributed by atoms with van der Waals surface area (Å²) in [6.45, 7) is 6.96. The summed E-state index contributed by atoms with van der Waals surface area (Å²) >= 11 is 0. The van der Waals surface area contributed by atoms with Crippen molar-refractivity contribution in [2.24, 2.45) is 0 Å². The molecule has 0 radical (unpaired) electrons. The molecule has 4 rings (SSSR count). The number of fused-ring (bicyclic) bond motifs is 2. The van der Waals surface area contributed by atoms with Gasteiger partial charge < -0.3 is 4.57 Å². The molecule has 0 spiro atoms. The third kappa shape index (κ3) is 3.73. The van der Waals surface area contributed by atoms with Gasteiger partial charge in [-0.1, -0.05) is 31.2 Å². The highest BCUT2D eigenvalue weighted by Gasteiger charge is 2.17. The predicted molar refractivity (Wildman–Crippen MR) is 117 cm³/mol. The van der Waals surface area contributed by atoms with E-state index in [-0.39, 0.29) is 0 Å². The molecule has 2 aromatic rings. The van der Waals surface area contributed by atoms with Gasteiger partial charge >= 0.3 is 0 Å². The van der Waals surface area contributed by atoms with E-state index in [2.05, 4.69) is 58.7 Å². The number of pyridine rings is 1. The van der Waals surface area contributed by atoms with Crippen LogP contribution in [0.1, 0.15) is 35.6 Å². The maximum atomic E-state index is 12.4. The molecular weight excluding hydrogens is 362 g/mol. The Hall–Kier alpha value is -3.21. The Morgan fingerprint density at radius 3 is 2.38 bits per heavy atom. The number of rotatable bonds is 5. The van der Waals surface area contributed by atoms with Crippen molar-refractivity contribution in [3.8, 4) is 11.4 Å². The van der Waals surface area contributed by atoms with Gasteiger partial charge in [0.2, 0.25) is 0 Å². The number of aryl methyl sites for hydroxylation is 5. The van der Waals surface area contributed by atoms with E-state index in [1.54, 1.807) is 0 Å². The molecule has 0 aromatic heterocycles. The van der Waals surface area contributed by atoms with Crippen molar-refractivity contribution in [2.45, 2.75) is 46.6 Å². The van der Waals surface area contributed by atoms with Crippen molar-refractivity contribution in [2.75, 3.05) is 0 Å². The van der Waals surface area contributed by atoms with E-state index in [1.807, 2.05) is 13.0 Å². The number of nitrogens with one attached hydrogen (secondary N) is 1. The van der Waals surface area contributed by atoms with Crippen LogP contribution >= 0.6 is 0 Å². The molecule has 1 N–H and O–H groups in total. The summed E-state index contributed by atoms with van der Waals surface area (Å²) in [5, 5.41) is 0. The molecule has 0 unspecified atom stereocenters. The molecular formula is C24H25N3O2. The summed E-state index contributed by atoms with van der Waals surface area (Å²) in [6.07, 6.45) is 2.87. The summed E-state index contributed by atoms with van der Waals surface area (Å²) < 4.78 is 2.07. The molecule has 0 bridgehead atoms. The third-order valence-electron chi connectivity index (χ3n) is 5.65. The van der Waals surface area contributed by atoms with Crippen LogP contribution in [0.25, 0.3) is 22.4 Å². The van der Waals surface area contributed by atoms with Gasteiger partial charge in [0.15, 0.2) is 5.69 Å². The number of nitrogens with zero attached hydrogens (tertiary/aromatic N) is 2. The normalized spacial score (nSPS) is 11.4. The smallest absolute Gasteiger partial charge is 0.278 e. The number of hydrogen-bond acceptors (Lipinski definition) is 3. The van der Waals surface area contributed by atoms with Gasteiger partial charge in [-0.3, -0.25) is 14.6 Å². The van der Waals surface area contributed by atoms with E-state index in [1.165, 1.54) is 17.2 Å². The summed E-state index contributed by atoms with van der Waals surface area (Å²) in [5.74, 6) is 0. The van der Waals surface area contributed by atoms with Gasteiger partial charge in [-0.05, 0) is 67.5 Å². The van der Waals surface area contributed by atoms with E-state index >= 15 is 0 Å². The molecule has 2 aromatic carbocycles. The van der Waals surface area contributed by atoms with Crippen LogP contribution < -0.4 is 11.1 Å². The molecule has 5 heteroatoms. The van der Waals surface area contributed by atoms with Crippen LogP contribution in [0.5, 0.6) is 0 Å². The quantitative estimate of drug-likeness (QED) is 0.526. The SMILES string of the molecule is CCc1ccc(CCCn2c3cc(=O)[nH]c(=O)c-3nc3cc(C)c(C)cc32)cc1. The van der Waals surface area contributed by atoms with Crippen LogP contribution in [0.4, 0.5) is 0 Å². The van der Waals surface area contributed by atoms with Crippen molar-refractivity contribution < 1.29 is 0 Å². The van der Waals surface area contributed by atoms with Crippen molar-refractivity contribution in [3.63, 3.8) is 0 Å². The lowest BCUT2D eigenvalue weighted by Gasteiger charge is -2.19. The zero-order chi connectivity index (χ0) is 20.5. The first-order valence-electron chi connectivity index (χ1n) is 10.1.